The van der Waals surface area contributed by atoms with Gasteiger partial charge in [0, 0.05) is 6.42 Å². The molecule has 0 bridgehead atoms. The van der Waals surface area contributed by atoms with E-state index in [2.05, 4.69) is 6.08 Å². The number of carbonyl (C=O) groups is 1. The summed E-state index contributed by atoms with van der Waals surface area (Å²) in [6, 6.07) is 0. The van der Waals surface area contributed by atoms with Crippen LogP contribution < -0.4 is 0 Å². The predicted molar refractivity (Wildman–Crippen MR) is 48.9 cm³/mol. The fourth-order valence-electron chi connectivity index (χ4n) is 2.40. The van der Waals surface area contributed by atoms with Crippen molar-refractivity contribution in [1.82, 2.24) is 0 Å². The van der Waals surface area contributed by atoms with Crippen LogP contribution in [0.3, 0.4) is 0 Å². The van der Waals surface area contributed by atoms with E-state index in [0.29, 0.717) is 11.7 Å². The fraction of sp³-hybridized carbons (Fsp3) is 0.727. The highest BCUT2D eigenvalue weighted by Gasteiger charge is 2.25. The van der Waals surface area contributed by atoms with Crippen molar-refractivity contribution in [3.05, 3.63) is 11.6 Å². The minimum absolute atomic E-state index is 0.442. The van der Waals surface area contributed by atoms with E-state index < -0.39 is 0 Å². The van der Waals surface area contributed by atoms with Gasteiger partial charge in [0.15, 0.2) is 5.78 Å². The van der Waals surface area contributed by atoms with Crippen molar-refractivity contribution in [2.75, 3.05) is 0 Å². The Morgan fingerprint density at radius 3 is 3.00 bits per heavy atom. The highest BCUT2D eigenvalue weighted by Crippen LogP contribution is 2.33. The molecule has 0 spiro atoms. The molecule has 0 heterocycles. The number of ketones is 1. The highest BCUT2D eigenvalue weighted by molar-refractivity contribution is 5.96. The molecule has 0 aromatic heterocycles. The Bertz CT molecular complexity index is 215. The summed E-state index contributed by atoms with van der Waals surface area (Å²) in [5.74, 6) is 1.08. The smallest absolute Gasteiger partial charge is 0.158 e. The van der Waals surface area contributed by atoms with Gasteiger partial charge in [0.2, 0.25) is 0 Å². The first kappa shape index (κ1) is 8.03. The summed E-state index contributed by atoms with van der Waals surface area (Å²) in [7, 11) is 0. The molecule has 1 unspecified atom stereocenters. The lowest BCUT2D eigenvalue weighted by Gasteiger charge is -2.16. The molecule has 12 heavy (non-hydrogen) atoms. The molecule has 1 saturated carbocycles. The van der Waals surface area contributed by atoms with Crippen molar-refractivity contribution in [3.8, 4) is 0 Å². The van der Waals surface area contributed by atoms with Gasteiger partial charge < -0.3 is 0 Å². The van der Waals surface area contributed by atoms with Crippen LogP contribution in [0.1, 0.15) is 44.9 Å². The predicted octanol–water partition coefficient (Wildman–Crippen LogP) is 2.86. The minimum atomic E-state index is 0.442. The van der Waals surface area contributed by atoms with E-state index in [1.165, 1.54) is 31.3 Å². The van der Waals surface area contributed by atoms with Crippen molar-refractivity contribution < 1.29 is 4.79 Å². The average molecular weight is 164 g/mol. The van der Waals surface area contributed by atoms with Gasteiger partial charge in [-0.05, 0) is 37.2 Å². The first-order valence-electron chi connectivity index (χ1n) is 5.11. The lowest BCUT2D eigenvalue weighted by Crippen LogP contribution is -2.12. The second-order valence-electron chi connectivity index (χ2n) is 3.96. The van der Waals surface area contributed by atoms with Gasteiger partial charge in [-0.15, -0.1) is 0 Å². The minimum Gasteiger partial charge on any atom is -0.295 e. The van der Waals surface area contributed by atoms with Crippen molar-refractivity contribution in [3.63, 3.8) is 0 Å². The maximum atomic E-state index is 11.6. The first-order chi connectivity index (χ1) is 5.88. The fourth-order valence-corrected chi connectivity index (χ4v) is 2.40. The Morgan fingerprint density at radius 1 is 1.17 bits per heavy atom. The lowest BCUT2D eigenvalue weighted by molar-refractivity contribution is -0.116. The van der Waals surface area contributed by atoms with Crippen LogP contribution in [0.2, 0.25) is 0 Å². The largest absolute Gasteiger partial charge is 0.295 e. The van der Waals surface area contributed by atoms with Crippen molar-refractivity contribution >= 4 is 5.78 Å². The summed E-state index contributed by atoms with van der Waals surface area (Å²) in [4.78, 5) is 11.6. The lowest BCUT2D eigenvalue weighted by atomic mass is 9.87. The quantitative estimate of drug-likeness (QED) is 0.538. The molecule has 0 saturated heterocycles. The molecular weight excluding hydrogens is 148 g/mol. The highest BCUT2D eigenvalue weighted by atomic mass is 16.1. The van der Waals surface area contributed by atoms with E-state index in [4.69, 9.17) is 0 Å². The van der Waals surface area contributed by atoms with Crippen LogP contribution >= 0.6 is 0 Å². The van der Waals surface area contributed by atoms with Crippen LogP contribution in [0.15, 0.2) is 11.6 Å². The molecule has 2 rings (SSSR count). The van der Waals surface area contributed by atoms with Gasteiger partial charge in [-0.2, -0.15) is 0 Å². The second-order valence-corrected chi connectivity index (χ2v) is 3.96. The van der Waals surface area contributed by atoms with Crippen molar-refractivity contribution in [2.24, 2.45) is 5.92 Å². The normalized spacial score (nSPS) is 30.5. The Morgan fingerprint density at radius 2 is 2.08 bits per heavy atom. The zero-order valence-corrected chi connectivity index (χ0v) is 7.51. The summed E-state index contributed by atoms with van der Waals surface area (Å²) in [5.41, 5.74) is 1.18. The van der Waals surface area contributed by atoms with Gasteiger partial charge >= 0.3 is 0 Å². The molecule has 0 amide bonds. The third kappa shape index (κ3) is 1.45. The molecule has 0 aliphatic heterocycles. The molecule has 0 N–H and O–H groups in total. The Balaban J connectivity index is 2.11. The molecule has 1 atom stereocenters. The number of rotatable bonds is 0. The van der Waals surface area contributed by atoms with Crippen LogP contribution in [0.5, 0.6) is 0 Å². The van der Waals surface area contributed by atoms with Gasteiger partial charge in [0.25, 0.3) is 0 Å². The van der Waals surface area contributed by atoms with Crippen molar-refractivity contribution in [2.45, 2.75) is 44.9 Å². The van der Waals surface area contributed by atoms with Crippen molar-refractivity contribution in [1.29, 1.82) is 0 Å². The standard InChI is InChI=1S/C11H16O/c12-11-8-3-1-2-5-9-6-4-7-10(9)11/h7,9H,1-6,8H2. The zero-order chi connectivity index (χ0) is 8.39. The van der Waals surface area contributed by atoms with E-state index in [1.807, 2.05) is 0 Å². The molecular formula is C11H16O. The van der Waals surface area contributed by atoms with E-state index in [9.17, 15) is 4.79 Å². The van der Waals surface area contributed by atoms with Gasteiger partial charge in [0.1, 0.15) is 0 Å². The van der Waals surface area contributed by atoms with Gasteiger partial charge in [-0.3, -0.25) is 4.79 Å². The summed E-state index contributed by atoms with van der Waals surface area (Å²) in [6.07, 6.45) is 10.3. The summed E-state index contributed by atoms with van der Waals surface area (Å²) < 4.78 is 0. The molecule has 0 aromatic rings. The van der Waals surface area contributed by atoms with Crippen LogP contribution in [0.4, 0.5) is 0 Å². The number of hydrogen-bond acceptors (Lipinski definition) is 1. The molecule has 1 fully saturated rings. The topological polar surface area (TPSA) is 17.1 Å². The van der Waals surface area contributed by atoms with Crippen LogP contribution in [0.25, 0.3) is 0 Å². The Labute approximate surface area is 73.8 Å². The SMILES string of the molecule is O=C1CCCCCC2CCC=C12. The van der Waals surface area contributed by atoms with Gasteiger partial charge in [-0.1, -0.05) is 18.9 Å². The number of allylic oxidation sites excluding steroid dienone is 2. The van der Waals surface area contributed by atoms with E-state index in [1.54, 1.807) is 0 Å². The molecule has 0 aromatic carbocycles. The molecule has 1 heteroatoms. The Kier molecular flexibility index (Phi) is 2.29. The van der Waals surface area contributed by atoms with E-state index in [0.717, 1.165) is 19.3 Å². The maximum absolute atomic E-state index is 11.6. The van der Waals surface area contributed by atoms with Gasteiger partial charge in [-0.25, -0.2) is 0 Å². The monoisotopic (exact) mass is 164 g/mol. The molecule has 66 valence electrons. The molecule has 2 aliphatic carbocycles. The molecule has 2 aliphatic rings. The van der Waals surface area contributed by atoms with Crippen LogP contribution in [-0.2, 0) is 4.79 Å². The zero-order valence-electron chi connectivity index (χ0n) is 7.51. The number of Topliss-reactive ketones (excluding diaryl/α,β-unsaturated/α-hetero) is 1. The Hall–Kier alpha value is -0.590. The second kappa shape index (κ2) is 3.42. The number of hydrogen-bond donors (Lipinski definition) is 0. The number of carbonyl (C=O) groups excluding carboxylic acids is 1. The van der Waals surface area contributed by atoms with E-state index in [-0.39, 0.29) is 0 Å². The van der Waals surface area contributed by atoms with Gasteiger partial charge in [0.05, 0.1) is 0 Å². The van der Waals surface area contributed by atoms with Crippen LogP contribution in [0, 0.1) is 5.92 Å². The third-order valence-corrected chi connectivity index (χ3v) is 3.10. The third-order valence-electron chi connectivity index (χ3n) is 3.10. The number of fused-ring (bicyclic) bond motifs is 1. The maximum Gasteiger partial charge on any atom is 0.158 e. The molecule has 1 nitrogen and oxygen atoms in total. The first-order valence-corrected chi connectivity index (χ1v) is 5.11. The van der Waals surface area contributed by atoms with E-state index >= 15 is 0 Å². The summed E-state index contributed by atoms with van der Waals surface area (Å²) in [5, 5.41) is 0. The average Bonchev–Trinajstić information content (AvgIpc) is 2.47. The summed E-state index contributed by atoms with van der Waals surface area (Å²) >= 11 is 0. The molecule has 0 radical (unpaired) electrons. The van der Waals surface area contributed by atoms with Crippen LogP contribution in [-0.4, -0.2) is 5.78 Å². The summed E-state index contributed by atoms with van der Waals surface area (Å²) in [6.45, 7) is 0.